The lowest BCUT2D eigenvalue weighted by Crippen LogP contribution is -2.26. The molecular formula is C19H24N2O4S. The molecule has 0 unspecified atom stereocenters. The fourth-order valence-corrected chi connectivity index (χ4v) is 3.58. The number of rotatable bonds is 9. The van der Waals surface area contributed by atoms with Crippen molar-refractivity contribution in [2.24, 2.45) is 0 Å². The minimum Gasteiger partial charge on any atom is -0.385 e. The molecule has 140 valence electrons. The van der Waals surface area contributed by atoms with Crippen LogP contribution < -0.4 is 10.0 Å². The largest absolute Gasteiger partial charge is 0.385 e. The van der Waals surface area contributed by atoms with E-state index < -0.39 is 10.0 Å². The summed E-state index contributed by atoms with van der Waals surface area (Å²) in [6.07, 6.45) is 1.36. The van der Waals surface area contributed by atoms with E-state index in [1.54, 1.807) is 19.2 Å². The molecule has 7 heteroatoms. The summed E-state index contributed by atoms with van der Waals surface area (Å²) in [6, 6.07) is 13.5. The maximum Gasteiger partial charge on any atom is 0.255 e. The van der Waals surface area contributed by atoms with Crippen molar-refractivity contribution in [2.75, 3.05) is 25.6 Å². The van der Waals surface area contributed by atoms with Gasteiger partial charge in [-0.15, -0.1) is 0 Å². The molecule has 0 aliphatic heterocycles. The minimum atomic E-state index is -3.67. The number of benzene rings is 2. The summed E-state index contributed by atoms with van der Waals surface area (Å²) in [5.74, 6) is -0.345. The lowest BCUT2D eigenvalue weighted by atomic mass is 10.1. The number of sulfonamides is 1. The molecule has 1 amide bonds. The number of carbonyl (C=O) groups excluding carboxylic acids is 1. The van der Waals surface area contributed by atoms with Gasteiger partial charge in [0, 0.05) is 31.5 Å². The molecule has 2 aromatic rings. The van der Waals surface area contributed by atoms with E-state index >= 15 is 0 Å². The van der Waals surface area contributed by atoms with Gasteiger partial charge in [0.05, 0.1) is 4.90 Å². The van der Waals surface area contributed by atoms with Gasteiger partial charge in [-0.2, -0.15) is 0 Å². The van der Waals surface area contributed by atoms with Crippen LogP contribution in [0.4, 0.5) is 5.69 Å². The Labute approximate surface area is 154 Å². The summed E-state index contributed by atoms with van der Waals surface area (Å²) in [4.78, 5) is 12.6. The van der Waals surface area contributed by atoms with E-state index in [4.69, 9.17) is 4.74 Å². The maximum absolute atomic E-state index is 12.5. The van der Waals surface area contributed by atoms with Crippen LogP contribution in [-0.2, 0) is 21.2 Å². The summed E-state index contributed by atoms with van der Waals surface area (Å²) >= 11 is 0. The van der Waals surface area contributed by atoms with Crippen LogP contribution in [0.15, 0.2) is 53.4 Å². The summed E-state index contributed by atoms with van der Waals surface area (Å²) in [6.45, 7) is 2.76. The van der Waals surface area contributed by atoms with Gasteiger partial charge in [-0.1, -0.05) is 31.2 Å². The van der Waals surface area contributed by atoms with Gasteiger partial charge in [-0.25, -0.2) is 13.1 Å². The highest BCUT2D eigenvalue weighted by Gasteiger charge is 2.16. The number of ether oxygens (including phenoxy) is 1. The molecule has 0 bridgehead atoms. The molecule has 0 aliphatic carbocycles. The van der Waals surface area contributed by atoms with E-state index in [0.29, 0.717) is 13.0 Å². The van der Waals surface area contributed by atoms with Crippen LogP contribution in [0.1, 0.15) is 29.3 Å². The lowest BCUT2D eigenvalue weighted by molar-refractivity contribution is 0.102. The summed E-state index contributed by atoms with van der Waals surface area (Å²) in [5.41, 5.74) is 2.03. The van der Waals surface area contributed by atoms with Crippen molar-refractivity contribution in [3.63, 3.8) is 0 Å². The molecule has 0 aromatic heterocycles. The summed E-state index contributed by atoms with van der Waals surface area (Å²) in [7, 11) is -2.11. The van der Waals surface area contributed by atoms with E-state index in [1.807, 2.05) is 31.2 Å². The summed E-state index contributed by atoms with van der Waals surface area (Å²) in [5, 5.41) is 2.85. The topological polar surface area (TPSA) is 84.5 Å². The van der Waals surface area contributed by atoms with Crippen molar-refractivity contribution in [3.05, 3.63) is 59.7 Å². The Morgan fingerprint density at radius 1 is 1.12 bits per heavy atom. The van der Waals surface area contributed by atoms with Crippen LogP contribution in [-0.4, -0.2) is 34.6 Å². The highest BCUT2D eigenvalue weighted by Crippen LogP contribution is 2.18. The van der Waals surface area contributed by atoms with Crippen LogP contribution in [0.3, 0.4) is 0 Å². The smallest absolute Gasteiger partial charge is 0.255 e. The number of methoxy groups -OCH3 is 1. The van der Waals surface area contributed by atoms with Crippen LogP contribution >= 0.6 is 0 Å². The second-order valence-corrected chi connectivity index (χ2v) is 7.50. The van der Waals surface area contributed by atoms with Crippen molar-refractivity contribution >= 4 is 21.6 Å². The van der Waals surface area contributed by atoms with Crippen molar-refractivity contribution in [2.45, 2.75) is 24.7 Å². The molecule has 2 rings (SSSR count). The van der Waals surface area contributed by atoms with E-state index in [1.165, 1.54) is 12.1 Å². The molecule has 2 aromatic carbocycles. The highest BCUT2D eigenvalue weighted by molar-refractivity contribution is 7.89. The van der Waals surface area contributed by atoms with Crippen molar-refractivity contribution in [3.8, 4) is 0 Å². The van der Waals surface area contributed by atoms with Gasteiger partial charge >= 0.3 is 0 Å². The Balaban J connectivity index is 2.14. The number of para-hydroxylation sites is 1. The first-order valence-electron chi connectivity index (χ1n) is 8.46. The molecule has 2 N–H and O–H groups in total. The number of anilines is 1. The van der Waals surface area contributed by atoms with Gasteiger partial charge in [-0.3, -0.25) is 4.79 Å². The van der Waals surface area contributed by atoms with Gasteiger partial charge < -0.3 is 10.1 Å². The molecule has 0 heterocycles. The molecule has 0 saturated heterocycles. The minimum absolute atomic E-state index is 0.0614. The van der Waals surface area contributed by atoms with Crippen LogP contribution in [0.5, 0.6) is 0 Å². The first-order chi connectivity index (χ1) is 12.5. The average Bonchev–Trinajstić information content (AvgIpc) is 2.66. The van der Waals surface area contributed by atoms with Gasteiger partial charge in [0.25, 0.3) is 5.91 Å². The highest BCUT2D eigenvalue weighted by atomic mass is 32.2. The Bertz CT molecular complexity index is 850. The zero-order chi connectivity index (χ0) is 19.0. The van der Waals surface area contributed by atoms with Crippen LogP contribution in [0.25, 0.3) is 0 Å². The number of amides is 1. The first kappa shape index (κ1) is 20.1. The molecule has 0 fully saturated rings. The summed E-state index contributed by atoms with van der Waals surface area (Å²) < 4.78 is 32.1. The SMILES string of the molecule is CCc1ccccc1NC(=O)c1cccc(S(=O)(=O)NCCCOC)c1. The average molecular weight is 376 g/mol. The molecule has 26 heavy (non-hydrogen) atoms. The van der Waals surface area contributed by atoms with E-state index in [9.17, 15) is 13.2 Å². The standard InChI is InChI=1S/C19H24N2O4S/c1-3-15-8-4-5-11-18(15)21-19(22)16-9-6-10-17(14-16)26(23,24)20-12-7-13-25-2/h4-6,8-11,14,20H,3,7,12-13H2,1-2H3,(H,21,22). The quantitative estimate of drug-likeness (QED) is 0.659. The van der Waals surface area contributed by atoms with E-state index in [2.05, 4.69) is 10.0 Å². The maximum atomic E-state index is 12.5. The predicted octanol–water partition coefficient (Wildman–Crippen LogP) is 2.82. The number of hydrogen-bond acceptors (Lipinski definition) is 4. The molecule has 0 radical (unpaired) electrons. The Morgan fingerprint density at radius 2 is 1.88 bits per heavy atom. The van der Waals surface area contributed by atoms with E-state index in [-0.39, 0.29) is 22.9 Å². The molecule has 0 aliphatic rings. The first-order valence-corrected chi connectivity index (χ1v) is 9.94. The van der Waals surface area contributed by atoms with Gasteiger partial charge in [0.2, 0.25) is 10.0 Å². The predicted molar refractivity (Wildman–Crippen MR) is 102 cm³/mol. The monoisotopic (exact) mass is 376 g/mol. The third-order valence-corrected chi connectivity index (χ3v) is 5.33. The second kappa shape index (κ2) is 9.47. The van der Waals surface area contributed by atoms with Gasteiger partial charge in [-0.05, 0) is 42.7 Å². The third-order valence-electron chi connectivity index (χ3n) is 3.87. The number of nitrogens with one attached hydrogen (secondary N) is 2. The molecular weight excluding hydrogens is 352 g/mol. The van der Waals surface area contributed by atoms with E-state index in [0.717, 1.165) is 17.7 Å². The third kappa shape index (κ3) is 5.39. The van der Waals surface area contributed by atoms with Crippen LogP contribution in [0, 0.1) is 0 Å². The molecule has 0 saturated carbocycles. The number of hydrogen-bond donors (Lipinski definition) is 2. The Morgan fingerprint density at radius 3 is 2.62 bits per heavy atom. The van der Waals surface area contributed by atoms with Gasteiger partial charge in [0.1, 0.15) is 0 Å². The zero-order valence-electron chi connectivity index (χ0n) is 15.0. The fourth-order valence-electron chi connectivity index (χ4n) is 2.46. The molecule has 6 nitrogen and oxygen atoms in total. The molecule has 0 atom stereocenters. The lowest BCUT2D eigenvalue weighted by Gasteiger charge is -2.11. The number of carbonyl (C=O) groups is 1. The number of aryl methyl sites for hydroxylation is 1. The van der Waals surface area contributed by atoms with Gasteiger partial charge in [0.15, 0.2) is 0 Å². The normalized spacial score (nSPS) is 11.3. The van der Waals surface area contributed by atoms with Crippen molar-refractivity contribution in [1.82, 2.24) is 4.72 Å². The fraction of sp³-hybridized carbons (Fsp3) is 0.316. The van der Waals surface area contributed by atoms with Crippen molar-refractivity contribution < 1.29 is 17.9 Å². The van der Waals surface area contributed by atoms with Crippen LogP contribution in [0.2, 0.25) is 0 Å². The second-order valence-electron chi connectivity index (χ2n) is 5.74. The zero-order valence-corrected chi connectivity index (χ0v) is 15.8. The Kier molecular flexibility index (Phi) is 7.32. The molecule has 0 spiro atoms. The van der Waals surface area contributed by atoms with Crippen molar-refractivity contribution in [1.29, 1.82) is 0 Å². The Hall–Kier alpha value is -2.22.